The van der Waals surface area contributed by atoms with E-state index in [-0.39, 0.29) is 29.3 Å². The van der Waals surface area contributed by atoms with Crippen LogP contribution in [0.4, 0.5) is 0 Å². The lowest BCUT2D eigenvalue weighted by atomic mass is 9.61. The van der Waals surface area contributed by atoms with Gasteiger partial charge in [-0.15, -0.1) is 0 Å². The first-order valence-electron chi connectivity index (χ1n) is 9.45. The zero-order valence-corrected chi connectivity index (χ0v) is 18.0. The minimum atomic E-state index is -0.862. The van der Waals surface area contributed by atoms with Gasteiger partial charge in [0, 0.05) is 12.1 Å². The van der Waals surface area contributed by atoms with Crippen molar-refractivity contribution in [1.82, 2.24) is 4.90 Å². The number of carbonyl (C=O) groups excluding carboxylic acids is 2. The molecule has 0 aromatic carbocycles. The van der Waals surface area contributed by atoms with Crippen molar-refractivity contribution in [3.63, 3.8) is 0 Å². The van der Waals surface area contributed by atoms with Crippen LogP contribution in [0.25, 0.3) is 0 Å². The molecule has 0 bridgehead atoms. The van der Waals surface area contributed by atoms with Crippen LogP contribution in [0.2, 0.25) is 0 Å². The monoisotopic (exact) mass is 367 g/mol. The van der Waals surface area contributed by atoms with Crippen LogP contribution >= 0.6 is 0 Å². The third-order valence-corrected chi connectivity index (χ3v) is 5.62. The summed E-state index contributed by atoms with van der Waals surface area (Å²) in [6.07, 6.45) is 0.373. The minimum Gasteiger partial charge on any atom is -0.465 e. The van der Waals surface area contributed by atoms with E-state index in [0.29, 0.717) is 24.1 Å². The van der Waals surface area contributed by atoms with Gasteiger partial charge in [0.2, 0.25) is 0 Å². The van der Waals surface area contributed by atoms with Gasteiger partial charge in [-0.25, -0.2) is 0 Å². The SMILES string of the molecule is CC1=C(C)C(O)N(CCCOC(=O)C(C)(CC(C)(C)C)C(C)(C)C)C1=O. The average Bonchev–Trinajstić information content (AvgIpc) is 2.65. The van der Waals surface area contributed by atoms with E-state index in [1.807, 2.05) is 6.92 Å². The molecule has 5 nitrogen and oxygen atoms in total. The molecule has 0 fully saturated rings. The van der Waals surface area contributed by atoms with Gasteiger partial charge in [-0.05, 0) is 50.0 Å². The maximum atomic E-state index is 12.9. The predicted molar refractivity (Wildman–Crippen MR) is 103 cm³/mol. The molecule has 1 aliphatic rings. The number of esters is 1. The Morgan fingerprint density at radius 1 is 1.12 bits per heavy atom. The van der Waals surface area contributed by atoms with Gasteiger partial charge in [0.1, 0.15) is 0 Å². The molecule has 5 heteroatoms. The molecule has 0 saturated carbocycles. The lowest BCUT2D eigenvalue weighted by molar-refractivity contribution is -0.165. The Hall–Kier alpha value is -1.36. The highest BCUT2D eigenvalue weighted by atomic mass is 16.5. The topological polar surface area (TPSA) is 66.8 Å². The van der Waals surface area contributed by atoms with Crippen LogP contribution in [0.1, 0.15) is 75.2 Å². The van der Waals surface area contributed by atoms with E-state index in [9.17, 15) is 14.7 Å². The molecule has 1 N–H and O–H groups in total. The van der Waals surface area contributed by atoms with Crippen LogP contribution in [0, 0.1) is 16.2 Å². The molecule has 0 aromatic heterocycles. The van der Waals surface area contributed by atoms with Gasteiger partial charge in [-0.2, -0.15) is 0 Å². The number of aliphatic hydroxyl groups is 1. The van der Waals surface area contributed by atoms with Gasteiger partial charge in [-0.1, -0.05) is 41.5 Å². The fourth-order valence-electron chi connectivity index (χ4n) is 3.41. The second kappa shape index (κ2) is 7.71. The van der Waals surface area contributed by atoms with Gasteiger partial charge in [0.25, 0.3) is 5.91 Å². The van der Waals surface area contributed by atoms with Gasteiger partial charge >= 0.3 is 5.97 Å². The summed E-state index contributed by atoms with van der Waals surface area (Å²) in [6.45, 7) is 18.7. The predicted octanol–water partition coefficient (Wildman–Crippen LogP) is 3.91. The molecular formula is C21H37NO4. The normalized spacial score (nSPS) is 21.2. The van der Waals surface area contributed by atoms with Crippen LogP contribution in [0.15, 0.2) is 11.1 Å². The minimum absolute atomic E-state index is 0.00779. The van der Waals surface area contributed by atoms with Crippen molar-refractivity contribution >= 4 is 11.9 Å². The summed E-state index contributed by atoms with van der Waals surface area (Å²) in [5.41, 5.74) is 0.477. The van der Waals surface area contributed by atoms with E-state index in [4.69, 9.17) is 4.74 Å². The summed E-state index contributed by atoms with van der Waals surface area (Å²) < 4.78 is 5.59. The maximum Gasteiger partial charge on any atom is 0.312 e. The number of amides is 1. The summed E-state index contributed by atoms with van der Waals surface area (Å²) in [7, 11) is 0. The van der Waals surface area contributed by atoms with Crippen LogP contribution in [-0.4, -0.2) is 41.3 Å². The number of ether oxygens (including phenoxy) is 1. The summed E-state index contributed by atoms with van der Waals surface area (Å²) >= 11 is 0. The summed E-state index contributed by atoms with van der Waals surface area (Å²) in [5.74, 6) is -0.340. The van der Waals surface area contributed by atoms with Gasteiger partial charge in [-0.3, -0.25) is 9.59 Å². The van der Waals surface area contributed by atoms with Crippen molar-refractivity contribution in [3.05, 3.63) is 11.1 Å². The molecule has 0 spiro atoms. The highest BCUT2D eigenvalue weighted by molar-refractivity contribution is 5.96. The van der Waals surface area contributed by atoms with E-state index >= 15 is 0 Å². The van der Waals surface area contributed by atoms with Gasteiger partial charge in [0.15, 0.2) is 6.23 Å². The fraction of sp³-hybridized carbons (Fsp3) is 0.810. The van der Waals surface area contributed by atoms with E-state index in [1.54, 1.807) is 13.8 Å². The Bertz CT molecular complexity index is 580. The third-order valence-electron chi connectivity index (χ3n) is 5.62. The van der Waals surface area contributed by atoms with Gasteiger partial charge < -0.3 is 14.7 Å². The average molecular weight is 368 g/mol. The molecule has 150 valence electrons. The van der Waals surface area contributed by atoms with Crippen LogP contribution < -0.4 is 0 Å². The number of hydrogen-bond donors (Lipinski definition) is 1. The first-order chi connectivity index (χ1) is 11.6. The Balaban J connectivity index is 2.64. The van der Waals surface area contributed by atoms with E-state index < -0.39 is 11.6 Å². The molecule has 1 rings (SSSR count). The van der Waals surface area contributed by atoms with Crippen molar-refractivity contribution in [2.75, 3.05) is 13.2 Å². The molecular weight excluding hydrogens is 330 g/mol. The number of rotatable bonds is 6. The Labute approximate surface area is 158 Å². The van der Waals surface area contributed by atoms with E-state index in [0.717, 1.165) is 6.42 Å². The standard InChI is InChI=1S/C21H37NO4/c1-14-15(2)17(24)22(16(14)23)11-10-12-26-18(25)21(9,20(6,7)8)13-19(3,4)5/h16,23H,10-13H2,1-9H3. The quantitative estimate of drug-likeness (QED) is 0.571. The molecule has 0 aliphatic carbocycles. The van der Waals surface area contributed by atoms with Gasteiger partial charge in [0.05, 0.1) is 12.0 Å². The molecule has 0 aromatic rings. The van der Waals surface area contributed by atoms with Crippen molar-refractivity contribution < 1.29 is 19.4 Å². The Kier molecular flexibility index (Phi) is 6.73. The van der Waals surface area contributed by atoms with E-state index in [2.05, 4.69) is 41.5 Å². The number of carbonyl (C=O) groups is 2. The number of hydrogen-bond acceptors (Lipinski definition) is 4. The molecule has 1 aliphatic heterocycles. The second-order valence-electron chi connectivity index (χ2n) is 9.99. The summed E-state index contributed by atoms with van der Waals surface area (Å²) in [4.78, 5) is 26.4. The summed E-state index contributed by atoms with van der Waals surface area (Å²) in [5, 5.41) is 10.1. The molecule has 1 amide bonds. The molecule has 0 saturated heterocycles. The maximum absolute atomic E-state index is 12.9. The number of aliphatic hydroxyl groups excluding tert-OH is 1. The highest BCUT2D eigenvalue weighted by Crippen LogP contribution is 2.47. The van der Waals surface area contributed by atoms with Crippen LogP contribution in [0.3, 0.4) is 0 Å². The van der Waals surface area contributed by atoms with Crippen LogP contribution in [0.5, 0.6) is 0 Å². The molecule has 26 heavy (non-hydrogen) atoms. The van der Waals surface area contributed by atoms with Crippen molar-refractivity contribution in [1.29, 1.82) is 0 Å². The Morgan fingerprint density at radius 2 is 1.65 bits per heavy atom. The van der Waals surface area contributed by atoms with Crippen molar-refractivity contribution in [2.45, 2.75) is 81.4 Å². The first kappa shape index (κ1) is 22.7. The molecule has 2 unspecified atom stereocenters. The smallest absolute Gasteiger partial charge is 0.312 e. The zero-order valence-electron chi connectivity index (χ0n) is 18.0. The second-order valence-corrected chi connectivity index (χ2v) is 9.99. The van der Waals surface area contributed by atoms with Crippen LogP contribution in [-0.2, 0) is 14.3 Å². The first-order valence-corrected chi connectivity index (χ1v) is 9.45. The highest BCUT2D eigenvalue weighted by Gasteiger charge is 2.47. The van der Waals surface area contributed by atoms with E-state index in [1.165, 1.54) is 4.90 Å². The number of nitrogens with zero attached hydrogens (tertiary/aromatic N) is 1. The lowest BCUT2D eigenvalue weighted by Crippen LogP contribution is -2.44. The van der Waals surface area contributed by atoms with Crippen molar-refractivity contribution in [3.8, 4) is 0 Å². The lowest BCUT2D eigenvalue weighted by Gasteiger charge is -2.43. The zero-order chi connectivity index (χ0) is 20.5. The fourth-order valence-corrected chi connectivity index (χ4v) is 3.41. The molecule has 0 radical (unpaired) electrons. The largest absolute Gasteiger partial charge is 0.465 e. The molecule has 1 heterocycles. The third kappa shape index (κ3) is 4.87. The summed E-state index contributed by atoms with van der Waals surface area (Å²) in [6, 6.07) is 0. The van der Waals surface area contributed by atoms with Crippen molar-refractivity contribution in [2.24, 2.45) is 16.2 Å². The Morgan fingerprint density at radius 3 is 2.04 bits per heavy atom. The molecule has 2 atom stereocenters.